The Morgan fingerprint density at radius 2 is 1.66 bits per heavy atom. The van der Waals surface area contributed by atoms with Gasteiger partial charge in [0.1, 0.15) is 17.5 Å². The Balaban J connectivity index is 1.63. The van der Waals surface area contributed by atoms with Crippen LogP contribution in [0.25, 0.3) is 11.3 Å². The third-order valence-corrected chi connectivity index (χ3v) is 6.19. The zero-order valence-corrected chi connectivity index (χ0v) is 19.6. The number of halogens is 3. The van der Waals surface area contributed by atoms with Crippen LogP contribution < -0.4 is 14.7 Å². The molecule has 6 nitrogen and oxygen atoms in total. The molecule has 0 radical (unpaired) electrons. The van der Waals surface area contributed by atoms with Gasteiger partial charge in [-0.1, -0.05) is 23.2 Å². The molecule has 0 amide bonds. The van der Waals surface area contributed by atoms with Gasteiger partial charge in [-0.25, -0.2) is 14.4 Å². The Hall–Kier alpha value is -2.64. The second kappa shape index (κ2) is 9.88. The molecule has 9 heteroatoms. The summed E-state index contributed by atoms with van der Waals surface area (Å²) in [6, 6.07) is 10.3. The van der Waals surface area contributed by atoms with Crippen molar-refractivity contribution in [3.05, 3.63) is 58.5 Å². The Bertz CT molecular complexity index is 1080. The van der Waals surface area contributed by atoms with Gasteiger partial charge in [-0.2, -0.15) is 4.98 Å². The van der Waals surface area contributed by atoms with Gasteiger partial charge in [-0.3, -0.25) is 0 Å². The maximum Gasteiger partial charge on any atom is 0.227 e. The normalized spacial score (nSPS) is 14.0. The molecule has 0 N–H and O–H groups in total. The highest BCUT2D eigenvalue weighted by molar-refractivity contribution is 6.33. The number of nitrogens with zero attached hydrogens (tertiary/aromatic N) is 6. The summed E-state index contributed by atoms with van der Waals surface area (Å²) in [6.07, 6.45) is 1.76. The number of piperazine rings is 1. The molecule has 2 aromatic heterocycles. The molecule has 0 atom stereocenters. The molecule has 168 valence electrons. The van der Waals surface area contributed by atoms with Gasteiger partial charge in [-0.05, 0) is 44.2 Å². The molecule has 0 bridgehead atoms. The quantitative estimate of drug-likeness (QED) is 0.491. The highest BCUT2D eigenvalue weighted by atomic mass is 35.5. The summed E-state index contributed by atoms with van der Waals surface area (Å²) < 4.78 is 13.7. The molecule has 3 heterocycles. The van der Waals surface area contributed by atoms with Crippen LogP contribution in [-0.4, -0.2) is 54.2 Å². The van der Waals surface area contributed by atoms with Crippen LogP contribution in [0.5, 0.6) is 0 Å². The first-order chi connectivity index (χ1) is 15.5. The highest BCUT2D eigenvalue weighted by Crippen LogP contribution is 2.29. The van der Waals surface area contributed by atoms with E-state index in [2.05, 4.69) is 33.5 Å². The molecule has 32 heavy (non-hydrogen) atoms. The number of hydrogen-bond acceptors (Lipinski definition) is 6. The summed E-state index contributed by atoms with van der Waals surface area (Å²) in [5, 5.41) is 0.732. The van der Waals surface area contributed by atoms with Crippen molar-refractivity contribution in [2.24, 2.45) is 0 Å². The molecular formula is C23H25Cl2FN6. The van der Waals surface area contributed by atoms with E-state index in [4.69, 9.17) is 33.2 Å². The second-order valence-electron chi connectivity index (χ2n) is 7.50. The number of rotatable bonds is 6. The Morgan fingerprint density at radius 3 is 2.31 bits per heavy atom. The van der Waals surface area contributed by atoms with E-state index >= 15 is 0 Å². The van der Waals surface area contributed by atoms with Gasteiger partial charge in [0.2, 0.25) is 5.95 Å². The fourth-order valence-electron chi connectivity index (χ4n) is 3.79. The predicted molar refractivity (Wildman–Crippen MR) is 130 cm³/mol. The highest BCUT2D eigenvalue weighted by Gasteiger charge is 2.22. The molecule has 1 aliphatic heterocycles. The summed E-state index contributed by atoms with van der Waals surface area (Å²) in [5.74, 6) is 1.85. The minimum absolute atomic E-state index is 0.0768. The minimum atomic E-state index is -0.446. The molecule has 1 aliphatic rings. The minimum Gasteiger partial charge on any atom is -0.353 e. The van der Waals surface area contributed by atoms with Gasteiger partial charge in [0, 0.05) is 57.1 Å². The van der Waals surface area contributed by atoms with Crippen molar-refractivity contribution >= 4 is 40.8 Å². The van der Waals surface area contributed by atoms with Crippen LogP contribution in [-0.2, 0) is 0 Å². The molecule has 0 saturated carbocycles. The van der Waals surface area contributed by atoms with E-state index < -0.39 is 5.82 Å². The van der Waals surface area contributed by atoms with Crippen molar-refractivity contribution in [3.8, 4) is 11.3 Å². The van der Waals surface area contributed by atoms with Crippen LogP contribution >= 0.6 is 23.2 Å². The molecule has 1 saturated heterocycles. The fourth-order valence-corrected chi connectivity index (χ4v) is 4.21. The molecule has 0 aliphatic carbocycles. The smallest absolute Gasteiger partial charge is 0.227 e. The maximum absolute atomic E-state index is 13.7. The van der Waals surface area contributed by atoms with Crippen molar-refractivity contribution in [1.82, 2.24) is 15.0 Å². The molecule has 3 aromatic rings. The van der Waals surface area contributed by atoms with E-state index in [0.29, 0.717) is 16.7 Å². The molecule has 0 spiro atoms. The summed E-state index contributed by atoms with van der Waals surface area (Å²) in [6.45, 7) is 8.81. The first-order valence-electron chi connectivity index (χ1n) is 10.7. The molecular weight excluding hydrogens is 450 g/mol. The molecule has 1 aromatic carbocycles. The monoisotopic (exact) mass is 474 g/mol. The van der Waals surface area contributed by atoms with Crippen molar-refractivity contribution in [2.45, 2.75) is 13.8 Å². The van der Waals surface area contributed by atoms with Crippen LogP contribution in [0.4, 0.5) is 22.0 Å². The lowest BCUT2D eigenvalue weighted by molar-refractivity contribution is 0.628. The van der Waals surface area contributed by atoms with E-state index in [9.17, 15) is 4.39 Å². The van der Waals surface area contributed by atoms with E-state index in [1.165, 1.54) is 6.07 Å². The number of benzene rings is 1. The zero-order valence-electron chi connectivity index (χ0n) is 18.1. The zero-order chi connectivity index (χ0) is 22.7. The Labute approximate surface area is 197 Å². The lowest BCUT2D eigenvalue weighted by Crippen LogP contribution is -2.47. The van der Waals surface area contributed by atoms with Gasteiger partial charge in [-0.15, -0.1) is 0 Å². The summed E-state index contributed by atoms with van der Waals surface area (Å²) in [5.41, 5.74) is 1.47. The Morgan fingerprint density at radius 1 is 0.938 bits per heavy atom. The lowest BCUT2D eigenvalue weighted by Gasteiger charge is -2.36. The number of pyridine rings is 1. The van der Waals surface area contributed by atoms with Crippen LogP contribution in [0.2, 0.25) is 10.0 Å². The predicted octanol–water partition coefficient (Wildman–Crippen LogP) is 5.16. The van der Waals surface area contributed by atoms with Crippen LogP contribution in [0.3, 0.4) is 0 Å². The van der Waals surface area contributed by atoms with Crippen LogP contribution in [0, 0.1) is 5.82 Å². The van der Waals surface area contributed by atoms with E-state index in [-0.39, 0.29) is 5.02 Å². The standard InChI is InChI=1S/C23H25Cl2FN6/c1-3-30(4-2)23-28-20(16-7-8-19(26)18(25)14-16)15-21(29-23)31-10-12-32(13-11-31)22-17(24)6-5-9-27-22/h5-9,14-15H,3-4,10-13H2,1-2H3. The van der Waals surface area contributed by atoms with E-state index in [1.807, 2.05) is 18.2 Å². The number of anilines is 3. The average Bonchev–Trinajstić information content (AvgIpc) is 2.82. The van der Waals surface area contributed by atoms with Gasteiger partial charge in [0.15, 0.2) is 0 Å². The first kappa shape index (κ1) is 22.6. The second-order valence-corrected chi connectivity index (χ2v) is 8.31. The van der Waals surface area contributed by atoms with E-state index in [1.54, 1.807) is 18.3 Å². The fraction of sp³-hybridized carbons (Fsp3) is 0.348. The largest absolute Gasteiger partial charge is 0.353 e. The molecule has 4 rings (SSSR count). The van der Waals surface area contributed by atoms with Crippen molar-refractivity contribution in [1.29, 1.82) is 0 Å². The summed E-state index contributed by atoms with van der Waals surface area (Å²) in [7, 11) is 0. The van der Waals surface area contributed by atoms with Crippen molar-refractivity contribution in [3.63, 3.8) is 0 Å². The van der Waals surface area contributed by atoms with Gasteiger partial charge in [0.25, 0.3) is 0 Å². The third kappa shape index (κ3) is 4.74. The van der Waals surface area contributed by atoms with Gasteiger partial charge in [0.05, 0.1) is 15.7 Å². The Kier molecular flexibility index (Phi) is 6.96. The maximum atomic E-state index is 13.7. The number of aromatic nitrogens is 3. The number of hydrogen-bond donors (Lipinski definition) is 0. The topological polar surface area (TPSA) is 48.4 Å². The lowest BCUT2D eigenvalue weighted by atomic mass is 10.1. The molecule has 1 fully saturated rings. The summed E-state index contributed by atoms with van der Waals surface area (Å²) >= 11 is 12.4. The molecule has 0 unspecified atom stereocenters. The van der Waals surface area contributed by atoms with Gasteiger partial charge >= 0.3 is 0 Å². The first-order valence-corrected chi connectivity index (χ1v) is 11.5. The summed E-state index contributed by atoms with van der Waals surface area (Å²) in [4.78, 5) is 20.6. The SMILES string of the molecule is CCN(CC)c1nc(-c2ccc(F)c(Cl)c2)cc(N2CCN(c3ncccc3Cl)CC2)n1. The van der Waals surface area contributed by atoms with Crippen LogP contribution in [0.15, 0.2) is 42.6 Å². The van der Waals surface area contributed by atoms with Crippen LogP contribution in [0.1, 0.15) is 13.8 Å². The van der Waals surface area contributed by atoms with E-state index in [0.717, 1.165) is 56.5 Å². The third-order valence-electron chi connectivity index (χ3n) is 5.60. The van der Waals surface area contributed by atoms with Crippen molar-refractivity contribution in [2.75, 3.05) is 54.0 Å². The van der Waals surface area contributed by atoms with Crippen molar-refractivity contribution < 1.29 is 4.39 Å². The van der Waals surface area contributed by atoms with Gasteiger partial charge < -0.3 is 14.7 Å². The average molecular weight is 475 g/mol.